The first-order valence-electron chi connectivity index (χ1n) is 9.47. The first-order chi connectivity index (χ1) is 13.9. The second-order valence-corrected chi connectivity index (χ2v) is 6.55. The predicted molar refractivity (Wildman–Crippen MR) is 110 cm³/mol. The third-order valence-corrected chi connectivity index (χ3v) is 4.45. The van der Waals surface area contributed by atoms with Gasteiger partial charge in [0.25, 0.3) is 5.69 Å². The summed E-state index contributed by atoms with van der Waals surface area (Å²) < 4.78 is 11.0. The molecular formula is C21H27N3O5. The minimum atomic E-state index is -0.423. The van der Waals surface area contributed by atoms with Crippen molar-refractivity contribution in [3.8, 4) is 11.5 Å². The summed E-state index contributed by atoms with van der Waals surface area (Å²) in [6.07, 6.45) is 0. The maximum atomic E-state index is 12.2. The molecule has 0 radical (unpaired) electrons. The number of benzene rings is 2. The molecule has 0 aliphatic rings. The molecule has 0 bridgehead atoms. The molecule has 0 spiro atoms. The number of rotatable bonds is 11. The molecule has 2 rings (SSSR count). The van der Waals surface area contributed by atoms with E-state index in [1.807, 2.05) is 49.1 Å². The van der Waals surface area contributed by atoms with Crippen LogP contribution < -0.4 is 14.8 Å². The molecule has 8 heteroatoms. The van der Waals surface area contributed by atoms with E-state index in [1.165, 1.54) is 12.1 Å². The Labute approximate surface area is 170 Å². The van der Waals surface area contributed by atoms with E-state index in [-0.39, 0.29) is 24.2 Å². The zero-order valence-corrected chi connectivity index (χ0v) is 17.0. The monoisotopic (exact) mass is 401 g/mol. The Kier molecular flexibility index (Phi) is 8.42. The molecule has 0 fully saturated rings. The molecular weight excluding hydrogens is 374 g/mol. The van der Waals surface area contributed by atoms with Gasteiger partial charge in [-0.2, -0.15) is 0 Å². The fourth-order valence-corrected chi connectivity index (χ4v) is 2.73. The zero-order chi connectivity index (χ0) is 21.2. The van der Waals surface area contributed by atoms with Crippen LogP contribution in [0.4, 0.5) is 5.69 Å². The Morgan fingerprint density at radius 1 is 1.17 bits per heavy atom. The summed E-state index contributed by atoms with van der Waals surface area (Å²) in [6, 6.07) is 13.6. The van der Waals surface area contributed by atoms with Crippen molar-refractivity contribution in [2.24, 2.45) is 0 Å². The maximum absolute atomic E-state index is 12.2. The van der Waals surface area contributed by atoms with Crippen LogP contribution in [0.2, 0.25) is 0 Å². The quantitative estimate of drug-likeness (QED) is 0.353. The van der Waals surface area contributed by atoms with E-state index in [2.05, 4.69) is 5.32 Å². The number of likely N-dealkylation sites (N-methyl/N-ethyl adjacent to an activating group) is 1. The first-order valence-corrected chi connectivity index (χ1v) is 9.47. The molecule has 156 valence electrons. The summed E-state index contributed by atoms with van der Waals surface area (Å²) in [4.78, 5) is 24.5. The van der Waals surface area contributed by atoms with Gasteiger partial charge in [-0.3, -0.25) is 19.8 Å². The predicted octanol–water partition coefficient (Wildman–Crippen LogP) is 3.18. The van der Waals surface area contributed by atoms with Gasteiger partial charge in [-0.05, 0) is 50.7 Å². The van der Waals surface area contributed by atoms with Crippen molar-refractivity contribution in [3.05, 3.63) is 64.2 Å². The lowest BCUT2D eigenvalue weighted by atomic mass is 10.1. The molecule has 1 amide bonds. The van der Waals surface area contributed by atoms with Crippen LogP contribution >= 0.6 is 0 Å². The van der Waals surface area contributed by atoms with Gasteiger partial charge in [-0.25, -0.2) is 0 Å². The van der Waals surface area contributed by atoms with Crippen LogP contribution in [0.15, 0.2) is 48.5 Å². The summed E-state index contributed by atoms with van der Waals surface area (Å²) in [5.41, 5.74) is 0.826. The van der Waals surface area contributed by atoms with Crippen LogP contribution in [0.5, 0.6) is 11.5 Å². The molecule has 2 aromatic rings. The second-order valence-electron chi connectivity index (χ2n) is 6.55. The number of carbonyl (C=O) groups is 1. The van der Waals surface area contributed by atoms with Crippen molar-refractivity contribution >= 4 is 11.6 Å². The third kappa shape index (κ3) is 7.08. The minimum Gasteiger partial charge on any atom is -0.494 e. The summed E-state index contributed by atoms with van der Waals surface area (Å²) in [5, 5.41) is 13.7. The summed E-state index contributed by atoms with van der Waals surface area (Å²) in [5.74, 6) is 1.35. The van der Waals surface area contributed by atoms with E-state index in [4.69, 9.17) is 9.47 Å². The number of nitro groups is 1. The molecule has 29 heavy (non-hydrogen) atoms. The topological polar surface area (TPSA) is 93.9 Å². The van der Waals surface area contributed by atoms with Crippen LogP contribution in [-0.2, 0) is 4.79 Å². The van der Waals surface area contributed by atoms with E-state index in [0.29, 0.717) is 25.5 Å². The van der Waals surface area contributed by atoms with Crippen LogP contribution in [-0.4, -0.2) is 49.1 Å². The third-order valence-electron chi connectivity index (χ3n) is 4.45. The van der Waals surface area contributed by atoms with Gasteiger partial charge in [0.1, 0.15) is 18.1 Å². The molecule has 1 unspecified atom stereocenters. The SMILES string of the molecule is CCOc1ccc(OCCNC(=O)CN(C)C(C)c2cccc([N+](=O)[O-])c2)cc1. The molecule has 0 aliphatic carbocycles. The van der Waals surface area contributed by atoms with E-state index in [0.717, 1.165) is 11.3 Å². The fraction of sp³-hybridized carbons (Fsp3) is 0.381. The highest BCUT2D eigenvalue weighted by molar-refractivity contribution is 5.78. The number of amides is 1. The van der Waals surface area contributed by atoms with Crippen molar-refractivity contribution in [2.75, 3.05) is 33.4 Å². The number of hydrogen-bond donors (Lipinski definition) is 1. The van der Waals surface area contributed by atoms with Gasteiger partial charge >= 0.3 is 0 Å². The van der Waals surface area contributed by atoms with Crippen LogP contribution in [0.1, 0.15) is 25.5 Å². The number of carbonyl (C=O) groups excluding carboxylic acids is 1. The highest BCUT2D eigenvalue weighted by Crippen LogP contribution is 2.22. The molecule has 1 N–H and O–H groups in total. The normalized spacial score (nSPS) is 11.7. The van der Waals surface area contributed by atoms with Crippen molar-refractivity contribution in [3.63, 3.8) is 0 Å². The summed E-state index contributed by atoms with van der Waals surface area (Å²) >= 11 is 0. The number of ether oxygens (including phenoxy) is 2. The van der Waals surface area contributed by atoms with Crippen LogP contribution in [0.3, 0.4) is 0 Å². The molecule has 2 aromatic carbocycles. The van der Waals surface area contributed by atoms with E-state index < -0.39 is 4.92 Å². The van der Waals surface area contributed by atoms with E-state index in [1.54, 1.807) is 13.1 Å². The Morgan fingerprint density at radius 3 is 2.45 bits per heavy atom. The van der Waals surface area contributed by atoms with Crippen molar-refractivity contribution in [1.82, 2.24) is 10.2 Å². The van der Waals surface area contributed by atoms with E-state index in [9.17, 15) is 14.9 Å². The highest BCUT2D eigenvalue weighted by atomic mass is 16.6. The van der Waals surface area contributed by atoms with E-state index >= 15 is 0 Å². The minimum absolute atomic E-state index is 0.0404. The lowest BCUT2D eigenvalue weighted by molar-refractivity contribution is -0.384. The molecule has 0 saturated heterocycles. The van der Waals surface area contributed by atoms with Gasteiger partial charge < -0.3 is 14.8 Å². The lowest BCUT2D eigenvalue weighted by Crippen LogP contribution is -2.38. The average Bonchev–Trinajstić information content (AvgIpc) is 2.72. The van der Waals surface area contributed by atoms with Gasteiger partial charge in [0.2, 0.25) is 5.91 Å². The number of non-ortho nitro benzene ring substituents is 1. The first kappa shape index (κ1) is 22.2. The standard InChI is InChI=1S/C21H27N3O5/c1-4-28-19-8-10-20(11-9-19)29-13-12-22-21(25)15-23(3)16(2)17-6-5-7-18(14-17)24(26)27/h5-11,14,16H,4,12-13,15H2,1-3H3,(H,22,25). The highest BCUT2D eigenvalue weighted by Gasteiger charge is 2.17. The number of hydrogen-bond acceptors (Lipinski definition) is 6. The summed E-state index contributed by atoms with van der Waals surface area (Å²) in [6.45, 7) is 5.35. The smallest absolute Gasteiger partial charge is 0.269 e. The van der Waals surface area contributed by atoms with Gasteiger partial charge in [0.15, 0.2) is 0 Å². The Hall–Kier alpha value is -3.13. The van der Waals surface area contributed by atoms with Crippen molar-refractivity contribution in [2.45, 2.75) is 19.9 Å². The van der Waals surface area contributed by atoms with Gasteiger partial charge in [-0.15, -0.1) is 0 Å². The molecule has 0 saturated carbocycles. The number of nitrogens with one attached hydrogen (secondary N) is 1. The molecule has 0 aromatic heterocycles. The van der Waals surface area contributed by atoms with Crippen molar-refractivity contribution in [1.29, 1.82) is 0 Å². The fourth-order valence-electron chi connectivity index (χ4n) is 2.73. The summed E-state index contributed by atoms with van der Waals surface area (Å²) in [7, 11) is 1.81. The molecule has 8 nitrogen and oxygen atoms in total. The van der Waals surface area contributed by atoms with Gasteiger partial charge in [0.05, 0.1) is 24.6 Å². The molecule has 0 aliphatic heterocycles. The van der Waals surface area contributed by atoms with Crippen LogP contribution in [0.25, 0.3) is 0 Å². The Morgan fingerprint density at radius 2 is 1.83 bits per heavy atom. The Bertz CT molecular complexity index is 810. The largest absolute Gasteiger partial charge is 0.494 e. The number of nitrogens with zero attached hydrogens (tertiary/aromatic N) is 2. The molecule has 0 heterocycles. The van der Waals surface area contributed by atoms with Crippen molar-refractivity contribution < 1.29 is 19.2 Å². The average molecular weight is 401 g/mol. The number of nitro benzene ring substituents is 1. The van der Waals surface area contributed by atoms with Gasteiger partial charge in [0, 0.05) is 18.2 Å². The zero-order valence-electron chi connectivity index (χ0n) is 17.0. The Balaban J connectivity index is 1.74. The van der Waals surface area contributed by atoms with Crippen LogP contribution in [0, 0.1) is 10.1 Å². The van der Waals surface area contributed by atoms with Gasteiger partial charge in [-0.1, -0.05) is 12.1 Å². The molecule has 1 atom stereocenters. The maximum Gasteiger partial charge on any atom is 0.269 e. The lowest BCUT2D eigenvalue weighted by Gasteiger charge is -2.24. The second kappa shape index (κ2) is 11.0.